The van der Waals surface area contributed by atoms with Gasteiger partial charge in [0.15, 0.2) is 0 Å². The third-order valence-corrected chi connectivity index (χ3v) is 3.46. The van der Waals surface area contributed by atoms with Crippen LogP contribution in [0.1, 0.15) is 34.1 Å². The van der Waals surface area contributed by atoms with Gasteiger partial charge in [-0.15, -0.1) is 0 Å². The largest absolute Gasteiger partial charge is 0.346 e. The first kappa shape index (κ1) is 15.2. The summed E-state index contributed by atoms with van der Waals surface area (Å²) in [4.78, 5) is 16.7. The van der Waals surface area contributed by atoms with Crippen molar-refractivity contribution in [3.63, 3.8) is 0 Å². The van der Waals surface area contributed by atoms with Gasteiger partial charge in [0.25, 0.3) is 5.91 Å². The molecule has 0 unspecified atom stereocenters. The maximum Gasteiger partial charge on any atom is 0.251 e. The van der Waals surface area contributed by atoms with Gasteiger partial charge < -0.3 is 11.1 Å². The standard InChI is InChI=1S/C17H21N3O/c1-2-13-7-5-11-19-16(13)12-20-17(21)15-8-4-3-6-14(15)9-10-18/h3-8,11H,2,9-10,12,18H2,1H3,(H,20,21). The lowest BCUT2D eigenvalue weighted by atomic mass is 10.0. The van der Waals surface area contributed by atoms with Crippen molar-refractivity contribution in [3.05, 3.63) is 65.0 Å². The number of carbonyl (C=O) groups excluding carboxylic acids is 1. The van der Waals surface area contributed by atoms with Gasteiger partial charge in [0.2, 0.25) is 0 Å². The smallest absolute Gasteiger partial charge is 0.251 e. The SMILES string of the molecule is CCc1cccnc1CNC(=O)c1ccccc1CCN. The molecule has 0 radical (unpaired) electrons. The Morgan fingerprint density at radius 1 is 1.19 bits per heavy atom. The van der Waals surface area contributed by atoms with Gasteiger partial charge in [0.05, 0.1) is 12.2 Å². The Labute approximate surface area is 125 Å². The van der Waals surface area contributed by atoms with Gasteiger partial charge in [-0.2, -0.15) is 0 Å². The van der Waals surface area contributed by atoms with Crippen LogP contribution in [0.5, 0.6) is 0 Å². The molecule has 0 saturated carbocycles. The summed E-state index contributed by atoms with van der Waals surface area (Å²) in [5.74, 6) is -0.0771. The summed E-state index contributed by atoms with van der Waals surface area (Å²) >= 11 is 0. The third kappa shape index (κ3) is 3.89. The van der Waals surface area contributed by atoms with Crippen LogP contribution in [0, 0.1) is 0 Å². The molecule has 1 aromatic carbocycles. The van der Waals surface area contributed by atoms with Crippen LogP contribution in [0.4, 0.5) is 0 Å². The van der Waals surface area contributed by atoms with E-state index in [0.29, 0.717) is 25.1 Å². The highest BCUT2D eigenvalue weighted by Gasteiger charge is 2.11. The van der Waals surface area contributed by atoms with Crippen molar-refractivity contribution in [3.8, 4) is 0 Å². The number of rotatable bonds is 6. The number of aromatic nitrogens is 1. The van der Waals surface area contributed by atoms with E-state index in [1.807, 2.05) is 36.4 Å². The van der Waals surface area contributed by atoms with E-state index in [-0.39, 0.29) is 5.91 Å². The van der Waals surface area contributed by atoms with Crippen molar-refractivity contribution < 1.29 is 4.79 Å². The molecule has 4 nitrogen and oxygen atoms in total. The van der Waals surface area contributed by atoms with Crippen molar-refractivity contribution in [1.29, 1.82) is 0 Å². The fraction of sp³-hybridized carbons (Fsp3) is 0.294. The quantitative estimate of drug-likeness (QED) is 0.853. The highest BCUT2D eigenvalue weighted by Crippen LogP contribution is 2.10. The molecule has 0 atom stereocenters. The molecule has 1 amide bonds. The number of pyridine rings is 1. The van der Waals surface area contributed by atoms with Crippen molar-refractivity contribution in [1.82, 2.24) is 10.3 Å². The second-order valence-corrected chi connectivity index (χ2v) is 4.84. The maximum atomic E-state index is 12.3. The van der Waals surface area contributed by atoms with E-state index in [4.69, 9.17) is 5.73 Å². The molecule has 110 valence electrons. The summed E-state index contributed by atoms with van der Waals surface area (Å²) in [6, 6.07) is 11.5. The molecule has 0 fully saturated rings. The van der Waals surface area contributed by atoms with E-state index in [1.54, 1.807) is 6.20 Å². The predicted molar refractivity (Wildman–Crippen MR) is 84.0 cm³/mol. The summed E-state index contributed by atoms with van der Waals surface area (Å²) < 4.78 is 0. The Hall–Kier alpha value is -2.20. The number of hydrogen-bond donors (Lipinski definition) is 2. The number of carbonyl (C=O) groups is 1. The highest BCUT2D eigenvalue weighted by atomic mass is 16.1. The Kier molecular flexibility index (Phi) is 5.46. The monoisotopic (exact) mass is 283 g/mol. The van der Waals surface area contributed by atoms with Gasteiger partial charge in [-0.05, 0) is 42.6 Å². The molecule has 0 spiro atoms. The molecule has 0 bridgehead atoms. The van der Waals surface area contributed by atoms with Crippen molar-refractivity contribution in [2.24, 2.45) is 5.73 Å². The molecule has 2 rings (SSSR count). The Morgan fingerprint density at radius 3 is 2.71 bits per heavy atom. The summed E-state index contributed by atoms with van der Waals surface area (Å²) in [6.45, 7) is 3.06. The van der Waals surface area contributed by atoms with Gasteiger partial charge in [-0.1, -0.05) is 31.2 Å². The summed E-state index contributed by atoms with van der Waals surface area (Å²) in [7, 11) is 0. The number of nitrogens with zero attached hydrogens (tertiary/aromatic N) is 1. The molecule has 0 aliphatic rings. The molecule has 0 saturated heterocycles. The van der Waals surface area contributed by atoms with E-state index >= 15 is 0 Å². The number of amides is 1. The van der Waals surface area contributed by atoms with Crippen molar-refractivity contribution >= 4 is 5.91 Å². The number of benzene rings is 1. The predicted octanol–water partition coefficient (Wildman–Crippen LogP) is 2.08. The van der Waals surface area contributed by atoms with Crippen molar-refractivity contribution in [2.45, 2.75) is 26.3 Å². The molecule has 4 heteroatoms. The molecule has 1 aromatic heterocycles. The molecule has 21 heavy (non-hydrogen) atoms. The van der Waals surface area contributed by atoms with E-state index < -0.39 is 0 Å². The average Bonchev–Trinajstić information content (AvgIpc) is 2.53. The minimum absolute atomic E-state index is 0.0771. The minimum Gasteiger partial charge on any atom is -0.346 e. The molecule has 2 aromatic rings. The van der Waals surface area contributed by atoms with E-state index in [9.17, 15) is 4.79 Å². The first-order valence-corrected chi connectivity index (χ1v) is 7.25. The third-order valence-electron chi connectivity index (χ3n) is 3.46. The summed E-state index contributed by atoms with van der Waals surface area (Å²) in [6.07, 6.45) is 3.36. The van der Waals surface area contributed by atoms with Crippen LogP contribution in [0.15, 0.2) is 42.6 Å². The van der Waals surface area contributed by atoms with Crippen LogP contribution in [0.3, 0.4) is 0 Å². The molecule has 0 aliphatic heterocycles. The van der Waals surface area contributed by atoms with Crippen molar-refractivity contribution in [2.75, 3.05) is 6.54 Å². The average molecular weight is 283 g/mol. The number of nitrogens with two attached hydrogens (primary N) is 1. The van der Waals surface area contributed by atoms with Crippen LogP contribution in [0.2, 0.25) is 0 Å². The van der Waals surface area contributed by atoms with Gasteiger partial charge in [-0.25, -0.2) is 0 Å². The van der Waals surface area contributed by atoms with E-state index in [2.05, 4.69) is 17.2 Å². The Morgan fingerprint density at radius 2 is 1.95 bits per heavy atom. The lowest BCUT2D eigenvalue weighted by Crippen LogP contribution is -2.25. The van der Waals surface area contributed by atoms with E-state index in [1.165, 1.54) is 0 Å². The second-order valence-electron chi connectivity index (χ2n) is 4.84. The van der Waals surface area contributed by atoms with Crippen LogP contribution in [-0.4, -0.2) is 17.4 Å². The zero-order valence-electron chi connectivity index (χ0n) is 12.3. The number of hydrogen-bond acceptors (Lipinski definition) is 3. The number of aryl methyl sites for hydroxylation is 1. The summed E-state index contributed by atoms with van der Waals surface area (Å²) in [5.41, 5.74) is 9.34. The normalized spacial score (nSPS) is 10.4. The molecule has 0 aliphatic carbocycles. The zero-order chi connectivity index (χ0) is 15.1. The zero-order valence-corrected chi connectivity index (χ0v) is 12.3. The van der Waals surface area contributed by atoms with Gasteiger partial charge in [-0.3, -0.25) is 9.78 Å². The Bertz CT molecular complexity index is 610. The van der Waals surface area contributed by atoms with E-state index in [0.717, 1.165) is 23.2 Å². The highest BCUT2D eigenvalue weighted by molar-refractivity contribution is 5.95. The lowest BCUT2D eigenvalue weighted by molar-refractivity contribution is 0.0949. The first-order chi connectivity index (χ1) is 10.3. The van der Waals surface area contributed by atoms with Gasteiger partial charge in [0.1, 0.15) is 0 Å². The van der Waals surface area contributed by atoms with Crippen LogP contribution >= 0.6 is 0 Å². The van der Waals surface area contributed by atoms with Crippen LogP contribution in [0.25, 0.3) is 0 Å². The summed E-state index contributed by atoms with van der Waals surface area (Å²) in [5, 5.41) is 2.95. The lowest BCUT2D eigenvalue weighted by Gasteiger charge is -2.11. The minimum atomic E-state index is -0.0771. The first-order valence-electron chi connectivity index (χ1n) is 7.25. The molecular formula is C17H21N3O. The number of nitrogens with one attached hydrogen (secondary N) is 1. The van der Waals surface area contributed by atoms with Crippen LogP contribution in [-0.2, 0) is 19.4 Å². The van der Waals surface area contributed by atoms with Gasteiger partial charge >= 0.3 is 0 Å². The second kappa shape index (κ2) is 7.55. The fourth-order valence-electron chi connectivity index (χ4n) is 2.33. The Balaban J connectivity index is 2.08. The molecule has 1 heterocycles. The topological polar surface area (TPSA) is 68.0 Å². The maximum absolute atomic E-state index is 12.3. The van der Waals surface area contributed by atoms with Gasteiger partial charge in [0, 0.05) is 11.8 Å². The molecule has 3 N–H and O–H groups in total. The fourth-order valence-corrected chi connectivity index (χ4v) is 2.33. The molecular weight excluding hydrogens is 262 g/mol. The van der Waals surface area contributed by atoms with Crippen LogP contribution < -0.4 is 11.1 Å².